The zero-order valence-electron chi connectivity index (χ0n) is 12.2. The molecule has 21 heavy (non-hydrogen) atoms. The molecule has 0 radical (unpaired) electrons. The Morgan fingerprint density at radius 1 is 1.38 bits per heavy atom. The summed E-state index contributed by atoms with van der Waals surface area (Å²) < 4.78 is 42.8. The Morgan fingerprint density at radius 3 is 2.48 bits per heavy atom. The van der Waals surface area contributed by atoms with E-state index in [9.17, 15) is 18.0 Å². The molecule has 1 aromatic rings. The lowest BCUT2D eigenvalue weighted by Gasteiger charge is -2.26. The van der Waals surface area contributed by atoms with Crippen molar-refractivity contribution in [2.75, 3.05) is 25.9 Å². The van der Waals surface area contributed by atoms with Gasteiger partial charge in [0.2, 0.25) is 0 Å². The summed E-state index contributed by atoms with van der Waals surface area (Å²) >= 11 is 0. The largest absolute Gasteiger partial charge is 0.495 e. The van der Waals surface area contributed by atoms with Crippen molar-refractivity contribution < 1.29 is 22.7 Å². The number of methoxy groups -OCH3 is 1. The zero-order valence-corrected chi connectivity index (χ0v) is 12.2. The van der Waals surface area contributed by atoms with Crippen molar-refractivity contribution in [2.45, 2.75) is 20.0 Å². The molecule has 0 spiro atoms. The van der Waals surface area contributed by atoms with Crippen LogP contribution in [0.1, 0.15) is 24.2 Å². The Kier molecular flexibility index (Phi) is 5.46. The van der Waals surface area contributed by atoms with Gasteiger partial charge in [-0.05, 0) is 24.1 Å². The molecule has 0 saturated carbocycles. The first-order valence-electron chi connectivity index (χ1n) is 6.43. The first-order valence-corrected chi connectivity index (χ1v) is 6.43. The van der Waals surface area contributed by atoms with Gasteiger partial charge in [-0.2, -0.15) is 13.2 Å². The van der Waals surface area contributed by atoms with E-state index in [2.05, 4.69) is 0 Å². The number of anilines is 1. The molecule has 0 aliphatic heterocycles. The van der Waals surface area contributed by atoms with E-state index in [0.29, 0.717) is 5.69 Å². The van der Waals surface area contributed by atoms with Gasteiger partial charge < -0.3 is 15.4 Å². The van der Waals surface area contributed by atoms with E-state index in [-0.39, 0.29) is 23.8 Å². The minimum atomic E-state index is -4.44. The molecular weight excluding hydrogens is 285 g/mol. The van der Waals surface area contributed by atoms with Gasteiger partial charge in [-0.3, -0.25) is 4.79 Å². The molecule has 0 atom stereocenters. The number of benzene rings is 1. The number of halogens is 3. The second kappa shape index (κ2) is 6.69. The van der Waals surface area contributed by atoms with Crippen LogP contribution < -0.4 is 10.5 Å². The van der Waals surface area contributed by atoms with E-state index in [1.165, 1.54) is 25.3 Å². The van der Waals surface area contributed by atoms with Crippen molar-refractivity contribution in [3.05, 3.63) is 23.8 Å². The standard InChI is InChI=1S/C14H19F3N2O2/c1-9(2)7-19(8-14(15,16)17)13(20)10-4-5-11(18)12(6-10)21-3/h4-6,9H,7-8,18H2,1-3H3. The molecule has 0 heterocycles. The van der Waals surface area contributed by atoms with Gasteiger partial charge >= 0.3 is 6.18 Å². The average Bonchev–Trinajstić information content (AvgIpc) is 2.35. The smallest absolute Gasteiger partial charge is 0.406 e. The van der Waals surface area contributed by atoms with E-state index < -0.39 is 18.6 Å². The van der Waals surface area contributed by atoms with Crippen LogP contribution in [0.3, 0.4) is 0 Å². The number of amides is 1. The number of carbonyl (C=O) groups is 1. The molecule has 1 aromatic carbocycles. The predicted octanol–water partition coefficient (Wildman–Crippen LogP) is 2.94. The number of alkyl halides is 3. The van der Waals surface area contributed by atoms with Crippen LogP contribution in [-0.2, 0) is 0 Å². The molecular formula is C14H19F3N2O2. The number of nitrogens with zero attached hydrogens (tertiary/aromatic N) is 1. The van der Waals surface area contributed by atoms with E-state index >= 15 is 0 Å². The Morgan fingerprint density at radius 2 is 2.00 bits per heavy atom. The Hall–Kier alpha value is -1.92. The number of nitrogen functional groups attached to an aromatic ring is 1. The van der Waals surface area contributed by atoms with Gasteiger partial charge in [0, 0.05) is 12.1 Å². The molecule has 1 rings (SSSR count). The molecule has 0 aliphatic rings. The lowest BCUT2D eigenvalue weighted by molar-refractivity contribution is -0.141. The number of rotatable bonds is 5. The second-order valence-corrected chi connectivity index (χ2v) is 5.15. The minimum absolute atomic E-state index is 0.0189. The van der Waals surface area contributed by atoms with Crippen molar-refractivity contribution in [1.82, 2.24) is 4.90 Å². The Bertz CT molecular complexity index is 501. The summed E-state index contributed by atoms with van der Waals surface area (Å²) in [7, 11) is 1.38. The van der Waals surface area contributed by atoms with Crippen LogP contribution in [0, 0.1) is 5.92 Å². The lowest BCUT2D eigenvalue weighted by atomic mass is 10.1. The van der Waals surface area contributed by atoms with E-state index in [4.69, 9.17) is 10.5 Å². The zero-order chi connectivity index (χ0) is 16.2. The predicted molar refractivity (Wildman–Crippen MR) is 74.2 cm³/mol. The van der Waals surface area contributed by atoms with Gasteiger partial charge in [-0.25, -0.2) is 0 Å². The molecule has 0 aliphatic carbocycles. The molecule has 4 nitrogen and oxygen atoms in total. The maximum atomic E-state index is 12.6. The monoisotopic (exact) mass is 304 g/mol. The van der Waals surface area contributed by atoms with Gasteiger partial charge in [0.05, 0.1) is 12.8 Å². The Labute approximate surface area is 121 Å². The summed E-state index contributed by atoms with van der Waals surface area (Å²) in [5.74, 6) is -0.511. The SMILES string of the molecule is COc1cc(C(=O)N(CC(C)C)CC(F)(F)F)ccc1N. The third kappa shape index (κ3) is 5.17. The van der Waals surface area contributed by atoms with Crippen LogP contribution in [-0.4, -0.2) is 37.2 Å². The molecule has 2 N–H and O–H groups in total. The fourth-order valence-electron chi connectivity index (χ4n) is 1.90. The Balaban J connectivity index is 3.04. The maximum Gasteiger partial charge on any atom is 0.406 e. The highest BCUT2D eigenvalue weighted by Crippen LogP contribution is 2.24. The van der Waals surface area contributed by atoms with Gasteiger partial charge in [0.1, 0.15) is 12.3 Å². The molecule has 0 unspecified atom stereocenters. The highest BCUT2D eigenvalue weighted by molar-refractivity contribution is 5.95. The molecule has 0 fully saturated rings. The van der Waals surface area contributed by atoms with Gasteiger partial charge in [-0.15, -0.1) is 0 Å². The van der Waals surface area contributed by atoms with Gasteiger partial charge in [0.15, 0.2) is 0 Å². The average molecular weight is 304 g/mol. The lowest BCUT2D eigenvalue weighted by Crippen LogP contribution is -2.41. The number of ether oxygens (including phenoxy) is 1. The quantitative estimate of drug-likeness (QED) is 0.851. The number of carbonyl (C=O) groups excluding carboxylic acids is 1. The summed E-state index contributed by atoms with van der Waals surface area (Å²) in [6, 6.07) is 4.18. The highest BCUT2D eigenvalue weighted by Gasteiger charge is 2.33. The molecule has 0 bridgehead atoms. The number of nitrogens with two attached hydrogens (primary N) is 1. The second-order valence-electron chi connectivity index (χ2n) is 5.15. The number of hydrogen-bond acceptors (Lipinski definition) is 3. The molecule has 0 aromatic heterocycles. The third-order valence-corrected chi connectivity index (χ3v) is 2.72. The van der Waals surface area contributed by atoms with E-state index in [1.807, 2.05) is 0 Å². The third-order valence-electron chi connectivity index (χ3n) is 2.72. The van der Waals surface area contributed by atoms with Gasteiger partial charge in [0.25, 0.3) is 5.91 Å². The van der Waals surface area contributed by atoms with Crippen LogP contribution in [0.5, 0.6) is 5.75 Å². The summed E-state index contributed by atoms with van der Waals surface area (Å²) in [5.41, 5.74) is 6.07. The van der Waals surface area contributed by atoms with Crippen LogP contribution in [0.15, 0.2) is 18.2 Å². The van der Waals surface area contributed by atoms with Crippen molar-refractivity contribution in [3.63, 3.8) is 0 Å². The van der Waals surface area contributed by atoms with Crippen molar-refractivity contribution in [2.24, 2.45) is 5.92 Å². The van der Waals surface area contributed by atoms with E-state index in [1.54, 1.807) is 13.8 Å². The maximum absolute atomic E-state index is 12.6. The summed E-state index contributed by atoms with van der Waals surface area (Å²) in [6.07, 6.45) is -4.44. The fourth-order valence-corrected chi connectivity index (χ4v) is 1.90. The van der Waals surface area contributed by atoms with Crippen molar-refractivity contribution in [1.29, 1.82) is 0 Å². The molecule has 1 amide bonds. The summed E-state index contributed by atoms with van der Waals surface area (Å²) in [4.78, 5) is 13.1. The van der Waals surface area contributed by atoms with E-state index in [0.717, 1.165) is 4.90 Å². The molecule has 118 valence electrons. The van der Waals surface area contributed by atoms with Gasteiger partial charge in [-0.1, -0.05) is 13.8 Å². The van der Waals surface area contributed by atoms with Crippen molar-refractivity contribution in [3.8, 4) is 5.75 Å². The highest BCUT2D eigenvalue weighted by atomic mass is 19.4. The first kappa shape index (κ1) is 17.1. The van der Waals surface area contributed by atoms with Crippen LogP contribution in [0.25, 0.3) is 0 Å². The van der Waals surface area contributed by atoms with Crippen LogP contribution >= 0.6 is 0 Å². The van der Waals surface area contributed by atoms with Crippen molar-refractivity contribution >= 4 is 11.6 Å². The van der Waals surface area contributed by atoms with Crippen LogP contribution in [0.2, 0.25) is 0 Å². The first-order chi connectivity index (χ1) is 9.64. The summed E-state index contributed by atoms with van der Waals surface area (Å²) in [6.45, 7) is 2.24. The summed E-state index contributed by atoms with van der Waals surface area (Å²) in [5, 5.41) is 0. The molecule has 0 saturated heterocycles. The normalized spacial score (nSPS) is 11.6. The molecule has 7 heteroatoms. The van der Waals surface area contributed by atoms with Crippen LogP contribution in [0.4, 0.5) is 18.9 Å². The number of hydrogen-bond donors (Lipinski definition) is 1. The minimum Gasteiger partial charge on any atom is -0.495 e. The fraction of sp³-hybridized carbons (Fsp3) is 0.500. The topological polar surface area (TPSA) is 55.6 Å².